The highest BCUT2D eigenvalue weighted by Crippen LogP contribution is 2.55. The summed E-state index contributed by atoms with van der Waals surface area (Å²) in [6.07, 6.45) is 5.40. The first-order valence-electron chi connectivity index (χ1n) is 23.7. The van der Waals surface area contributed by atoms with Crippen LogP contribution in [0.3, 0.4) is 0 Å². The molecule has 0 aromatic heterocycles. The van der Waals surface area contributed by atoms with Gasteiger partial charge in [0.05, 0.1) is 19.6 Å². The molecule has 4 aromatic carbocycles. The van der Waals surface area contributed by atoms with E-state index >= 15 is 0 Å². The Kier molecular flexibility index (Phi) is 20.2. The summed E-state index contributed by atoms with van der Waals surface area (Å²) in [4.78, 5) is 1.55. The van der Waals surface area contributed by atoms with Crippen LogP contribution in [-0.2, 0) is 20.0 Å². The molecule has 0 aliphatic heterocycles. The molecule has 4 N–H and O–H groups in total. The Hall–Kier alpha value is -3.10. The lowest BCUT2D eigenvalue weighted by molar-refractivity contribution is 0.342. The van der Waals surface area contributed by atoms with Gasteiger partial charge in [0.1, 0.15) is 0 Å². The lowest BCUT2D eigenvalue weighted by Gasteiger charge is -2.44. The van der Waals surface area contributed by atoms with E-state index in [1.165, 1.54) is 8.61 Å². The van der Waals surface area contributed by atoms with Crippen molar-refractivity contribution in [1.82, 2.24) is 17.2 Å². The van der Waals surface area contributed by atoms with Gasteiger partial charge in [-0.2, -0.15) is 12.9 Å². The Morgan fingerprint density at radius 1 is 0.368 bits per heavy atom. The van der Waals surface area contributed by atoms with Crippen LogP contribution >= 0.6 is 21.6 Å². The highest BCUT2D eigenvalue weighted by molar-refractivity contribution is 8.22. The summed E-state index contributed by atoms with van der Waals surface area (Å²) >= 11 is 0. The molecule has 4 aromatic rings. The number of unbranched alkanes of at least 4 members (excludes halogenated alkanes) is 2. The number of hydrogen-bond donors (Lipinski definition) is 4. The molecule has 380 valence electrons. The fourth-order valence-corrected chi connectivity index (χ4v) is 17.6. The van der Waals surface area contributed by atoms with E-state index in [9.17, 15) is 35.0 Å². The van der Waals surface area contributed by atoms with E-state index in [0.29, 0.717) is 75.7 Å². The maximum atomic E-state index is 14.6. The van der Waals surface area contributed by atoms with Crippen molar-refractivity contribution in [1.29, 1.82) is 0 Å². The van der Waals surface area contributed by atoms with Crippen molar-refractivity contribution in [2.24, 2.45) is 0 Å². The molecule has 0 heterocycles. The standard InChI is InChI=1S/C52H80N4O8S4/c1-15-53(65(57,58)49-41(7)29-37(3)30-42(49)8)23-17-19-25-55(67(61,62)51-45(11)33-39(5)34-46(51)12)27-21-22-28-56(68(63,64)52-47(13)35-40(6)36-48(52)14)26-20-18-24-54(16-2)66(59,60)50-43(9)31-38(4)32-44(50)10/h21-22,29-36,57-58,63-64H,15-20,23-28H2,1-14H3/b22-21+. The van der Waals surface area contributed by atoms with Gasteiger partial charge in [0.2, 0.25) is 20.0 Å². The van der Waals surface area contributed by atoms with Gasteiger partial charge in [-0.15, -0.1) is 21.6 Å². The summed E-state index contributed by atoms with van der Waals surface area (Å²) in [5.41, 5.74) is 9.82. The highest BCUT2D eigenvalue weighted by Gasteiger charge is 2.32. The summed E-state index contributed by atoms with van der Waals surface area (Å²) < 4.78 is 111. The Morgan fingerprint density at radius 3 is 0.926 bits per heavy atom. The zero-order chi connectivity index (χ0) is 51.1. The van der Waals surface area contributed by atoms with Crippen LogP contribution in [0.15, 0.2) is 80.3 Å². The van der Waals surface area contributed by atoms with Crippen LogP contribution in [0.1, 0.15) is 106 Å². The number of nitrogens with zero attached hydrogens (tertiary/aromatic N) is 4. The van der Waals surface area contributed by atoms with Crippen molar-refractivity contribution in [2.45, 2.75) is 142 Å². The van der Waals surface area contributed by atoms with Crippen molar-refractivity contribution >= 4 is 41.6 Å². The largest absolute Gasteiger partial charge is 0.281 e. The van der Waals surface area contributed by atoms with Crippen LogP contribution in [0.25, 0.3) is 0 Å². The summed E-state index contributed by atoms with van der Waals surface area (Å²) in [7, 11) is -14.7. The van der Waals surface area contributed by atoms with Crippen molar-refractivity contribution < 1.29 is 35.0 Å². The van der Waals surface area contributed by atoms with E-state index in [0.717, 1.165) is 44.5 Å². The topological polar surface area (TPSA) is 162 Å². The monoisotopic (exact) mass is 1020 g/mol. The Labute approximate surface area is 413 Å². The molecule has 0 spiro atoms. The molecule has 0 amide bonds. The maximum Gasteiger partial charge on any atom is 0.243 e. The maximum absolute atomic E-state index is 14.6. The lowest BCUT2D eigenvalue weighted by Crippen LogP contribution is -2.35. The van der Waals surface area contributed by atoms with Crippen molar-refractivity contribution in [3.05, 3.63) is 127 Å². The third-order valence-corrected chi connectivity index (χ3v) is 21.6. The third-order valence-electron chi connectivity index (χ3n) is 12.5. The molecule has 0 aliphatic rings. The van der Waals surface area contributed by atoms with E-state index < -0.39 is 41.6 Å². The van der Waals surface area contributed by atoms with Gasteiger partial charge in [0, 0.05) is 52.4 Å². The molecule has 0 aliphatic carbocycles. The second-order valence-electron chi connectivity index (χ2n) is 18.6. The van der Waals surface area contributed by atoms with Gasteiger partial charge in [-0.1, -0.05) is 96.8 Å². The Balaban J connectivity index is 1.60. The van der Waals surface area contributed by atoms with Crippen LogP contribution < -0.4 is 0 Å². The molecule has 12 nitrogen and oxygen atoms in total. The molecule has 16 heteroatoms. The predicted octanol–water partition coefficient (Wildman–Crippen LogP) is 12.3. The van der Waals surface area contributed by atoms with Crippen LogP contribution in [0.5, 0.6) is 0 Å². The predicted molar refractivity (Wildman–Crippen MR) is 284 cm³/mol. The first-order valence-corrected chi connectivity index (χ1v) is 29.5. The summed E-state index contributed by atoms with van der Waals surface area (Å²) in [5, 5.41) is 0. The van der Waals surface area contributed by atoms with Crippen molar-refractivity contribution in [3.8, 4) is 0 Å². The molecular formula is C52H80N4O8S4. The fourth-order valence-electron chi connectivity index (χ4n) is 9.94. The molecule has 0 saturated heterocycles. The van der Waals surface area contributed by atoms with Gasteiger partial charge >= 0.3 is 0 Å². The molecule has 4 rings (SSSR count). The average Bonchev–Trinajstić information content (AvgIpc) is 3.18. The van der Waals surface area contributed by atoms with Crippen LogP contribution in [-0.4, -0.2) is 105 Å². The molecule has 0 atom stereocenters. The van der Waals surface area contributed by atoms with Gasteiger partial charge < -0.3 is 0 Å². The second kappa shape index (κ2) is 23.9. The first-order chi connectivity index (χ1) is 31.6. The summed E-state index contributed by atoms with van der Waals surface area (Å²) in [6, 6.07) is 15.2. The number of benzene rings is 4. The van der Waals surface area contributed by atoms with Gasteiger partial charge in [0.15, 0.2) is 0 Å². The normalized spacial score (nSPS) is 13.6. The first kappa shape index (κ1) is 57.5. The minimum absolute atomic E-state index is 0.0142. The number of hydrogen-bond acceptors (Lipinski definition) is 10. The second-order valence-corrected chi connectivity index (χ2v) is 26.3. The van der Waals surface area contributed by atoms with Gasteiger partial charge in [-0.3, -0.25) is 18.2 Å². The number of aryl methyl sites for hydroxylation is 12. The highest BCUT2D eigenvalue weighted by atomic mass is 32.3. The summed E-state index contributed by atoms with van der Waals surface area (Å²) in [6.45, 7) is 28.0. The van der Waals surface area contributed by atoms with Crippen LogP contribution in [0.2, 0.25) is 0 Å². The van der Waals surface area contributed by atoms with Crippen LogP contribution in [0.4, 0.5) is 0 Å². The summed E-state index contributed by atoms with van der Waals surface area (Å²) in [5.74, 6) is 0. The van der Waals surface area contributed by atoms with E-state index in [1.807, 2.05) is 132 Å². The zero-order valence-electron chi connectivity index (χ0n) is 43.1. The SMILES string of the molecule is CCN(CCCCN(C/C=C/CN(CCCCN(CC)S(=O)(=O)c1c(C)cc(C)cc1C)S(O)(O)c1c(C)cc(C)cc1C)S(=O)(=O)c1c(C)cc(C)cc1C)S(O)(O)c1c(C)cc(C)cc1C. The zero-order valence-corrected chi connectivity index (χ0v) is 46.4. The Bertz CT molecular complexity index is 2570. The van der Waals surface area contributed by atoms with Gasteiger partial charge in [0.25, 0.3) is 0 Å². The molecule has 0 unspecified atom stereocenters. The minimum Gasteiger partial charge on any atom is -0.281 e. The smallest absolute Gasteiger partial charge is 0.243 e. The molecular weight excluding hydrogens is 937 g/mol. The molecule has 0 bridgehead atoms. The van der Waals surface area contributed by atoms with E-state index in [1.54, 1.807) is 34.6 Å². The third kappa shape index (κ3) is 13.4. The Morgan fingerprint density at radius 2 is 0.603 bits per heavy atom. The molecule has 68 heavy (non-hydrogen) atoms. The van der Waals surface area contributed by atoms with Crippen molar-refractivity contribution in [3.63, 3.8) is 0 Å². The van der Waals surface area contributed by atoms with E-state index in [4.69, 9.17) is 0 Å². The van der Waals surface area contributed by atoms with E-state index in [-0.39, 0.29) is 44.2 Å². The molecule has 0 fully saturated rings. The fraction of sp³-hybridized carbons (Fsp3) is 0.500. The van der Waals surface area contributed by atoms with Gasteiger partial charge in [-0.05, 0) is 153 Å². The minimum atomic E-state index is -4.01. The molecule has 0 saturated carbocycles. The molecule has 0 radical (unpaired) electrons. The van der Waals surface area contributed by atoms with Gasteiger partial charge in [-0.25, -0.2) is 21.1 Å². The number of rotatable bonds is 24. The average molecular weight is 1020 g/mol. The van der Waals surface area contributed by atoms with Crippen molar-refractivity contribution in [2.75, 3.05) is 52.4 Å². The quantitative estimate of drug-likeness (QED) is 0.0393. The number of sulfonamides is 2. The lowest BCUT2D eigenvalue weighted by atomic mass is 10.1. The van der Waals surface area contributed by atoms with E-state index in [2.05, 4.69) is 0 Å². The van der Waals surface area contributed by atoms with Crippen LogP contribution in [0, 0.1) is 83.1 Å².